The molecule has 0 bridgehead atoms. The van der Waals surface area contributed by atoms with E-state index in [-0.39, 0.29) is 31.0 Å². The molecule has 9 heteroatoms. The van der Waals surface area contributed by atoms with Crippen LogP contribution in [-0.2, 0) is 16.0 Å². The summed E-state index contributed by atoms with van der Waals surface area (Å²) in [5, 5.41) is 19.4. The Balaban J connectivity index is 1.64. The summed E-state index contributed by atoms with van der Waals surface area (Å²) in [4.78, 5) is 26.1. The van der Waals surface area contributed by atoms with E-state index in [0.717, 1.165) is 34.0 Å². The molecule has 2 aromatic heterocycles. The maximum atomic E-state index is 13.1. The number of allylic oxidation sites excluding steroid dienone is 1. The predicted molar refractivity (Wildman–Crippen MR) is 133 cm³/mol. The van der Waals surface area contributed by atoms with Crippen molar-refractivity contribution >= 4 is 29.2 Å². The van der Waals surface area contributed by atoms with Gasteiger partial charge in [-0.3, -0.25) is 4.79 Å². The number of carbonyl (C=O) groups excluding carboxylic acids is 2. The van der Waals surface area contributed by atoms with E-state index >= 15 is 0 Å². The third kappa shape index (κ3) is 4.49. The highest BCUT2D eigenvalue weighted by molar-refractivity contribution is 7.14. The van der Waals surface area contributed by atoms with Gasteiger partial charge in [0.05, 0.1) is 17.7 Å². The van der Waals surface area contributed by atoms with Crippen LogP contribution in [-0.4, -0.2) is 29.7 Å². The van der Waals surface area contributed by atoms with E-state index < -0.39 is 11.8 Å². The predicted octanol–water partition coefficient (Wildman–Crippen LogP) is 4.96. The molecule has 1 aromatic carbocycles. The number of benzene rings is 1. The SMILES string of the molecule is CCOC(=O)c1sc(CC(=O)/C(C#N)=C\c2cc(C)n(-c3ccc4c(c3)OCO4)c2C)c(C#N)c1C. The van der Waals surface area contributed by atoms with Gasteiger partial charge in [-0.2, -0.15) is 10.5 Å². The molecule has 1 aliphatic heterocycles. The monoisotopic (exact) mass is 501 g/mol. The molecule has 0 fully saturated rings. The lowest BCUT2D eigenvalue weighted by Crippen LogP contribution is -2.05. The molecule has 0 saturated carbocycles. The molecule has 4 rings (SSSR count). The zero-order valence-corrected chi connectivity index (χ0v) is 21.1. The summed E-state index contributed by atoms with van der Waals surface area (Å²) < 4.78 is 17.9. The summed E-state index contributed by atoms with van der Waals surface area (Å²) in [5.41, 5.74) is 4.09. The lowest BCUT2D eigenvalue weighted by molar-refractivity contribution is -0.114. The smallest absolute Gasteiger partial charge is 0.348 e. The van der Waals surface area contributed by atoms with Crippen LogP contribution in [0, 0.1) is 43.4 Å². The molecule has 3 heterocycles. The molecule has 0 spiro atoms. The third-order valence-corrected chi connectivity index (χ3v) is 7.19. The van der Waals surface area contributed by atoms with Crippen molar-refractivity contribution in [3.8, 4) is 29.3 Å². The van der Waals surface area contributed by atoms with Crippen molar-refractivity contribution in [2.45, 2.75) is 34.1 Å². The lowest BCUT2D eigenvalue weighted by Gasteiger charge is -2.10. The van der Waals surface area contributed by atoms with Gasteiger partial charge in [0.2, 0.25) is 6.79 Å². The Bertz CT molecular complexity index is 1500. The standard InChI is InChI=1S/C27H23N3O5S/c1-5-33-27(32)26-16(3)21(13-29)25(36-26)11-22(31)19(12-28)9-18-8-15(2)30(17(18)4)20-6-7-23-24(10-20)35-14-34-23/h6-10H,5,11,14H2,1-4H3/b19-9-. The van der Waals surface area contributed by atoms with Gasteiger partial charge < -0.3 is 18.8 Å². The summed E-state index contributed by atoms with van der Waals surface area (Å²) in [6.45, 7) is 7.59. The molecule has 36 heavy (non-hydrogen) atoms. The molecule has 3 aromatic rings. The average molecular weight is 502 g/mol. The maximum Gasteiger partial charge on any atom is 0.348 e. The number of ether oxygens (including phenoxy) is 3. The third-order valence-electron chi connectivity index (χ3n) is 5.92. The minimum atomic E-state index is -0.526. The van der Waals surface area contributed by atoms with Gasteiger partial charge in [0.25, 0.3) is 0 Å². The van der Waals surface area contributed by atoms with Crippen molar-refractivity contribution in [2.75, 3.05) is 13.4 Å². The summed E-state index contributed by atoms with van der Waals surface area (Å²) in [6.07, 6.45) is 1.40. The van der Waals surface area contributed by atoms with Gasteiger partial charge in [-0.25, -0.2) is 4.79 Å². The Morgan fingerprint density at radius 2 is 1.92 bits per heavy atom. The van der Waals surface area contributed by atoms with Gasteiger partial charge in [-0.1, -0.05) is 0 Å². The first-order valence-corrected chi connectivity index (χ1v) is 12.0. The maximum absolute atomic E-state index is 13.1. The van der Waals surface area contributed by atoms with Crippen molar-refractivity contribution in [3.05, 3.63) is 67.7 Å². The fourth-order valence-corrected chi connectivity index (χ4v) is 5.31. The highest BCUT2D eigenvalue weighted by Crippen LogP contribution is 2.35. The van der Waals surface area contributed by atoms with Gasteiger partial charge in [0, 0.05) is 34.4 Å². The molecular formula is C27H23N3O5S. The van der Waals surface area contributed by atoms with Crippen LogP contribution in [0.4, 0.5) is 0 Å². The van der Waals surface area contributed by atoms with Crippen molar-refractivity contribution in [3.63, 3.8) is 0 Å². The molecular weight excluding hydrogens is 478 g/mol. The number of ketones is 1. The highest BCUT2D eigenvalue weighted by Gasteiger charge is 2.24. The first-order chi connectivity index (χ1) is 17.3. The van der Waals surface area contributed by atoms with Gasteiger partial charge in [-0.05, 0) is 63.1 Å². The highest BCUT2D eigenvalue weighted by atomic mass is 32.1. The first kappa shape index (κ1) is 24.8. The normalized spacial score (nSPS) is 12.2. The van der Waals surface area contributed by atoms with Gasteiger partial charge in [-0.15, -0.1) is 11.3 Å². The summed E-state index contributed by atoms with van der Waals surface area (Å²) in [6, 6.07) is 11.6. The van der Waals surface area contributed by atoms with Gasteiger partial charge in [0.1, 0.15) is 17.0 Å². The number of nitrogens with zero attached hydrogens (tertiary/aromatic N) is 3. The zero-order valence-electron chi connectivity index (χ0n) is 20.3. The number of aryl methyl sites for hydroxylation is 1. The average Bonchev–Trinajstić information content (AvgIpc) is 3.52. The molecule has 0 N–H and O–H groups in total. The molecule has 182 valence electrons. The number of rotatable bonds is 7. The van der Waals surface area contributed by atoms with Crippen LogP contribution >= 0.6 is 11.3 Å². The number of aromatic nitrogens is 1. The van der Waals surface area contributed by atoms with Gasteiger partial charge >= 0.3 is 5.97 Å². The Morgan fingerprint density at radius 3 is 2.61 bits per heavy atom. The van der Waals surface area contributed by atoms with Crippen molar-refractivity contribution in [1.82, 2.24) is 4.57 Å². The largest absolute Gasteiger partial charge is 0.462 e. The topological polar surface area (TPSA) is 114 Å². The Kier molecular flexibility index (Phi) is 6.96. The number of esters is 1. The van der Waals surface area contributed by atoms with Crippen molar-refractivity contribution < 1.29 is 23.8 Å². The van der Waals surface area contributed by atoms with E-state index in [0.29, 0.717) is 26.8 Å². The zero-order chi connectivity index (χ0) is 26.0. The number of carbonyl (C=O) groups is 2. The van der Waals surface area contributed by atoms with Crippen LogP contribution in [0.5, 0.6) is 11.5 Å². The number of hydrogen-bond donors (Lipinski definition) is 0. The first-order valence-electron chi connectivity index (χ1n) is 11.2. The summed E-state index contributed by atoms with van der Waals surface area (Å²) >= 11 is 1.06. The van der Waals surface area contributed by atoms with E-state index in [1.807, 2.05) is 48.7 Å². The molecule has 0 aliphatic carbocycles. The van der Waals surface area contributed by atoms with Crippen molar-refractivity contribution in [1.29, 1.82) is 10.5 Å². The molecule has 0 unspecified atom stereocenters. The van der Waals surface area contributed by atoms with E-state index in [2.05, 4.69) is 6.07 Å². The number of Topliss-reactive ketones (excluding diaryl/α,β-unsaturated/α-hetero) is 1. The molecule has 0 radical (unpaired) electrons. The van der Waals surface area contributed by atoms with E-state index in [4.69, 9.17) is 14.2 Å². The van der Waals surface area contributed by atoms with Crippen LogP contribution in [0.15, 0.2) is 29.8 Å². The fourth-order valence-electron chi connectivity index (χ4n) is 4.16. The fraction of sp³-hybridized carbons (Fsp3) is 0.259. The minimum absolute atomic E-state index is 0.0337. The minimum Gasteiger partial charge on any atom is -0.462 e. The second kappa shape index (κ2) is 10.1. The van der Waals surface area contributed by atoms with Crippen LogP contribution in [0.2, 0.25) is 0 Å². The van der Waals surface area contributed by atoms with Crippen LogP contribution < -0.4 is 9.47 Å². The second-order valence-electron chi connectivity index (χ2n) is 8.16. The molecule has 8 nitrogen and oxygen atoms in total. The lowest BCUT2D eigenvalue weighted by atomic mass is 10.0. The quantitative estimate of drug-likeness (QED) is 0.255. The van der Waals surface area contributed by atoms with Crippen molar-refractivity contribution in [2.24, 2.45) is 0 Å². The Labute approximate surface area is 212 Å². The van der Waals surface area contributed by atoms with E-state index in [1.165, 1.54) is 0 Å². The number of nitriles is 2. The van der Waals surface area contributed by atoms with Crippen LogP contribution in [0.1, 0.15) is 49.6 Å². The Morgan fingerprint density at radius 1 is 1.17 bits per heavy atom. The number of thiophene rings is 1. The van der Waals surface area contributed by atoms with Crippen LogP contribution in [0.25, 0.3) is 11.8 Å². The number of hydrogen-bond acceptors (Lipinski definition) is 8. The second-order valence-corrected chi connectivity index (χ2v) is 9.26. The Hall–Kier alpha value is -4.34. The van der Waals surface area contributed by atoms with Crippen LogP contribution in [0.3, 0.4) is 0 Å². The molecule has 0 amide bonds. The molecule has 0 saturated heterocycles. The van der Waals surface area contributed by atoms with Gasteiger partial charge in [0.15, 0.2) is 17.3 Å². The summed E-state index contributed by atoms with van der Waals surface area (Å²) in [5.74, 6) is 0.387. The summed E-state index contributed by atoms with van der Waals surface area (Å²) in [7, 11) is 0. The number of fused-ring (bicyclic) bond motifs is 1. The molecule has 1 aliphatic rings. The van der Waals surface area contributed by atoms with E-state index in [9.17, 15) is 20.1 Å². The molecule has 0 atom stereocenters. The van der Waals surface area contributed by atoms with E-state index in [1.54, 1.807) is 19.9 Å².